The fraction of sp³-hybridized carbons (Fsp3) is 0.0909. The van der Waals surface area contributed by atoms with E-state index in [-0.39, 0.29) is 39.6 Å². The third-order valence-corrected chi connectivity index (χ3v) is 22.2. The number of benzene rings is 14. The van der Waals surface area contributed by atoms with Crippen molar-refractivity contribution in [3.63, 3.8) is 0 Å². The van der Waals surface area contributed by atoms with E-state index in [4.69, 9.17) is 33.0 Å². The van der Waals surface area contributed by atoms with E-state index in [1.807, 2.05) is 59.7 Å². The molecule has 14 aromatic carbocycles. The molecule has 5 nitrogen and oxygen atoms in total. The van der Waals surface area contributed by atoms with Gasteiger partial charge in [-0.25, -0.2) is 4.98 Å². The van der Waals surface area contributed by atoms with Crippen LogP contribution in [-0.4, -0.2) is 22.2 Å². The second kappa shape index (κ2) is 27.0. The van der Waals surface area contributed by atoms with Crippen molar-refractivity contribution in [3.8, 4) is 95.5 Å². The van der Waals surface area contributed by atoms with Crippen molar-refractivity contribution in [2.45, 2.75) is 59.2 Å². The molecule has 0 aliphatic carbocycles. The molecule has 0 bridgehead atoms. The number of aryl methyl sites for hydroxylation is 1. The smallest absolute Gasteiger partial charge is 0.269 e. The van der Waals surface area contributed by atoms with Gasteiger partial charge in [-0.2, -0.15) is 0 Å². The van der Waals surface area contributed by atoms with Gasteiger partial charge in [-0.1, -0.05) is 320 Å². The lowest BCUT2D eigenvalue weighted by Gasteiger charge is -2.34. The molecule has 0 radical (unpaired) electrons. The Kier molecular flexibility index (Phi) is 9.05. The van der Waals surface area contributed by atoms with Crippen LogP contribution in [0.4, 0.5) is 0 Å². The largest absolute Gasteiger partial charge is 0.458 e. The van der Waals surface area contributed by atoms with E-state index < -0.39 is 331 Å². The molecule has 0 saturated heterocycles. The van der Waals surface area contributed by atoms with E-state index in [0.29, 0.717) is 32.9 Å². The number of hydrogen-bond donors (Lipinski definition) is 0. The van der Waals surface area contributed by atoms with Crippen LogP contribution in [-0.2, 0) is 10.8 Å². The highest BCUT2D eigenvalue weighted by Gasteiger charge is 2.42. The quantitative estimate of drug-likeness (QED) is 0.0444. The number of ether oxygens (including phenoxy) is 1. The van der Waals surface area contributed by atoms with Crippen LogP contribution in [0.25, 0.3) is 117 Å². The third-order valence-electron chi connectivity index (χ3n) is 18.2. The van der Waals surface area contributed by atoms with E-state index in [2.05, 4.69) is 12.4 Å². The molecule has 3 aromatic heterocycles. The lowest BCUT2D eigenvalue weighted by Crippen LogP contribution is -2.74. The van der Waals surface area contributed by atoms with Crippen LogP contribution in [0.3, 0.4) is 0 Å². The molecule has 17 rings (SSSR count). The molecule has 0 aliphatic rings. The number of pyridine rings is 1. The molecule has 0 saturated carbocycles. The van der Waals surface area contributed by atoms with Crippen LogP contribution >= 0.6 is 0 Å². The number of hydrogen-bond acceptors (Lipinski definition) is 2. The maximum atomic E-state index is 11.4. The molecule has 0 amide bonds. The molecule has 0 unspecified atom stereocenters. The van der Waals surface area contributed by atoms with E-state index >= 15 is 0 Å². The summed E-state index contributed by atoms with van der Waals surface area (Å²) in [6.07, 6.45) is 4.57. The first kappa shape index (κ1) is 35.1. The molecule has 0 aliphatic heterocycles. The minimum Gasteiger partial charge on any atom is -0.458 e. The van der Waals surface area contributed by atoms with Crippen molar-refractivity contribution in [3.05, 3.63) is 380 Å². The highest BCUT2D eigenvalue weighted by atomic mass is 28.3. The van der Waals surface area contributed by atoms with Gasteiger partial charge < -0.3 is 4.74 Å². The van der Waals surface area contributed by atoms with E-state index in [9.17, 15) is 31.5 Å². The zero-order chi connectivity index (χ0) is 106. The first-order valence-electron chi connectivity index (χ1n) is 53.1. The Bertz CT molecular complexity index is 8120. The Balaban J connectivity index is 1.04. The van der Waals surface area contributed by atoms with Crippen molar-refractivity contribution in [1.82, 2.24) is 14.1 Å². The number of rotatable bonds is 15. The summed E-state index contributed by atoms with van der Waals surface area (Å²) in [5.41, 5.74) is -5.19. The summed E-state index contributed by atoms with van der Waals surface area (Å²) in [5.74, 6) is 0.223. The topological polar surface area (TPSA) is 35.9 Å². The number of fused-ring (bicyclic) bond motifs is 4. The van der Waals surface area contributed by atoms with Crippen LogP contribution in [0, 0.1) is 13.2 Å². The number of aromatic nitrogens is 4. The highest BCUT2D eigenvalue weighted by molar-refractivity contribution is 7.20. The van der Waals surface area contributed by atoms with Crippen LogP contribution in [0.15, 0.2) is 357 Å². The molecule has 0 spiro atoms. The summed E-state index contributed by atoms with van der Waals surface area (Å²) in [6.45, 7) is 9.18. The molecule has 105 heavy (non-hydrogen) atoms. The van der Waals surface area contributed by atoms with Gasteiger partial charge in [-0.15, -0.1) is 0 Å². The maximum absolute atomic E-state index is 11.4. The summed E-state index contributed by atoms with van der Waals surface area (Å²) < 4.78 is 391. The third kappa shape index (κ3) is 12.4. The fourth-order valence-electron chi connectivity index (χ4n) is 13.1. The lowest BCUT2D eigenvalue weighted by molar-refractivity contribution is -0.571. The second-order valence-electron chi connectivity index (χ2n) is 26.7. The molecule has 3 heterocycles. The molecular formula is C99H80N4OSi. The summed E-state index contributed by atoms with van der Waals surface area (Å²) in [4.78, 5) is 4.74. The van der Waals surface area contributed by atoms with Gasteiger partial charge in [-0.05, 0) is 183 Å². The Labute approximate surface area is 673 Å². The first-order valence-corrected chi connectivity index (χ1v) is 35.1. The molecule has 0 N–H and O–H groups in total. The summed E-state index contributed by atoms with van der Waals surface area (Å²) in [6, 6.07) is -6.79. The van der Waals surface area contributed by atoms with Crippen molar-refractivity contribution in [2.24, 2.45) is 0 Å². The predicted octanol–water partition coefficient (Wildman–Crippen LogP) is 22.3. The van der Waals surface area contributed by atoms with Gasteiger partial charge in [0, 0.05) is 32.7 Å². The van der Waals surface area contributed by atoms with E-state index in [0.717, 1.165) is 17.3 Å². The van der Waals surface area contributed by atoms with Gasteiger partial charge in [-0.3, -0.25) is 13.7 Å². The number of nitrogens with zero attached hydrogens (tertiary/aromatic N) is 4. The minimum absolute atomic E-state index is 0.0175. The van der Waals surface area contributed by atoms with Gasteiger partial charge in [0.2, 0.25) is 0 Å². The Hall–Kier alpha value is -12.5. The summed E-state index contributed by atoms with van der Waals surface area (Å²) >= 11 is 0. The van der Waals surface area contributed by atoms with Gasteiger partial charge in [0.25, 0.3) is 6.33 Å². The van der Waals surface area contributed by atoms with Crippen molar-refractivity contribution in [2.75, 3.05) is 0 Å². The Morgan fingerprint density at radius 3 is 1.54 bits per heavy atom. The van der Waals surface area contributed by atoms with E-state index in [1.165, 1.54) is 33.4 Å². The van der Waals surface area contributed by atoms with Crippen molar-refractivity contribution in [1.29, 1.82) is 0 Å². The van der Waals surface area contributed by atoms with Gasteiger partial charge in [0.05, 0.1) is 84.2 Å². The number of imidazole rings is 1. The van der Waals surface area contributed by atoms with Crippen LogP contribution in [0.5, 0.6) is 11.5 Å². The number of para-hydroxylation sites is 2. The SMILES string of the molecule is [2H]c1c([2H])c([2H])c(-c2cnc(-n3c4ccccc4c4ccc(Oc5cccc(-n6[c-][n+](-c7c(-c8c([2H])c(-c9c([2H])c([2H])c([2H])c([2H])c9[2H])c([2H])c(-c9c([2H])c([2H])c([2H])c([2H])c9[2H])c8[2H])cccc7-c7c([2H])c([2H])c([2H])c([Si](c8c([2H])c([2H])c([2H])c([2H])c8[2H])(c8c([2H])c([2H])c([2H])c([2H])c8[2H])c8c([2H])c([2H])c([2H])c([2H])c8[2H])c7[2H])c7ccc(-c8cc(C(C)(C)C)cc(C(C)(C)C)c8)cc76)c5)cc43)cc2C([2H])([2H])[2H])c([2H])c1[2H]. The van der Waals surface area contributed by atoms with Gasteiger partial charge >= 0.3 is 0 Å². The van der Waals surface area contributed by atoms with Gasteiger partial charge in [0.1, 0.15) is 17.3 Å². The van der Waals surface area contributed by atoms with Crippen LogP contribution < -0.4 is 30.1 Å². The molecular weight excluding hydrogens is 1290 g/mol. The monoisotopic (exact) mass is 1410 g/mol. The average molecular weight is 1410 g/mol. The highest BCUT2D eigenvalue weighted by Crippen LogP contribution is 2.42. The maximum Gasteiger partial charge on any atom is 0.269 e. The van der Waals surface area contributed by atoms with E-state index in [1.54, 1.807) is 83.4 Å². The Morgan fingerprint density at radius 2 is 0.933 bits per heavy atom. The molecule has 17 aromatic rings. The van der Waals surface area contributed by atoms with Gasteiger partial charge in [0.15, 0.2) is 8.07 Å². The Morgan fingerprint density at radius 1 is 0.400 bits per heavy atom. The molecule has 6 heteroatoms. The van der Waals surface area contributed by atoms with Crippen molar-refractivity contribution < 1.29 is 64.1 Å². The predicted molar refractivity (Wildman–Crippen MR) is 441 cm³/mol. The minimum atomic E-state index is -6.72. The van der Waals surface area contributed by atoms with Crippen LogP contribution in [0.1, 0.15) is 113 Å². The second-order valence-corrected chi connectivity index (χ2v) is 30.2. The van der Waals surface area contributed by atoms with Crippen molar-refractivity contribution >= 4 is 61.7 Å². The average Bonchev–Trinajstić information content (AvgIpc) is 1.24. The zero-order valence-corrected chi connectivity index (χ0v) is 57.9. The first-order chi connectivity index (χ1) is 67.8. The standard InChI is InChI=1S/C99H80N4OSi/c1-68-55-96(100-66-91(68)71-35-18-10-19-36-71)103-92-50-27-26-47-89(92)90-53-52-82(65-94(90)103)104-81-39-29-38-80(64-81)101-67-102(93-54-51-72(62-95(93)101)76-59-78(98(2,3)4)63-79(60-76)99(5,6)7)97-87(48-30-49-88(97)77-57-74(69-31-14-8-15-32-69)56-75(58-77)70-33-16-9-17-34-70)73-37-28-46-86(61-73)105(83-40-20-11-21-41-83,84-42-22-12-23-43-84)85-44-24-13-25-45-85/h8-66H,1-7H3/i1D3,8D,9D,10D,11D,12D,13D,14D,15D,16D,17D,18D,19D,20D,21D,22D,23D,24D,25D,28D,31D,32D,33D,34D,35D,36D,37D,40D,41D,42D,43D,44D,45D,46D,56D,57D,58D,61D. The van der Waals surface area contributed by atoms with Crippen LogP contribution in [0.2, 0.25) is 0 Å². The molecule has 506 valence electrons. The fourth-order valence-corrected chi connectivity index (χ4v) is 16.6. The lowest BCUT2D eigenvalue weighted by atomic mass is 9.79. The summed E-state index contributed by atoms with van der Waals surface area (Å²) in [7, 11) is -6.72. The molecule has 0 atom stereocenters. The normalized spacial score (nSPS) is 17.4. The summed E-state index contributed by atoms with van der Waals surface area (Å²) in [5, 5.41) is -3.58. The molecule has 0 fully saturated rings. The zero-order valence-electron chi connectivity index (χ0n) is 96.9.